The van der Waals surface area contributed by atoms with Crippen LogP contribution in [0.5, 0.6) is 0 Å². The van der Waals surface area contributed by atoms with E-state index in [1.807, 2.05) is 30.3 Å². The molecule has 2 fully saturated rings. The van der Waals surface area contributed by atoms with Crippen LogP contribution in [0.3, 0.4) is 0 Å². The molecule has 3 rings (SSSR count). The number of carbonyl (C=O) groups is 2. The van der Waals surface area contributed by atoms with Crippen molar-refractivity contribution in [2.45, 2.75) is 18.6 Å². The van der Waals surface area contributed by atoms with Gasteiger partial charge in [0.15, 0.2) is 0 Å². The zero-order chi connectivity index (χ0) is 15.7. The number of likely N-dealkylation sites (tertiary alicyclic amines) is 1. The molecule has 118 valence electrons. The van der Waals surface area contributed by atoms with Crippen molar-refractivity contribution in [2.24, 2.45) is 5.92 Å². The molecule has 0 radical (unpaired) electrons. The molecule has 6 heteroatoms. The molecule has 2 heterocycles. The Bertz CT molecular complexity index is 561. The summed E-state index contributed by atoms with van der Waals surface area (Å²) >= 11 is 0. The second kappa shape index (κ2) is 5.96. The molecule has 0 spiro atoms. The average molecular weight is 303 g/mol. The standard InChI is InChI=1S/C16H21N3O3/c1-18(2)15(20)13-8-12-9-19(10-14(13)22-12)16(21)17-11-6-4-3-5-7-11/h3-7,12-14H,8-10H2,1-2H3,(H,17,21)/t12-,13+,14-/m1/s1. The molecular formula is C16H21N3O3. The van der Waals surface area contributed by atoms with Crippen molar-refractivity contribution in [3.8, 4) is 0 Å². The fourth-order valence-electron chi connectivity index (χ4n) is 3.14. The number of anilines is 1. The summed E-state index contributed by atoms with van der Waals surface area (Å²) in [4.78, 5) is 27.9. The van der Waals surface area contributed by atoms with Crippen LogP contribution in [0.4, 0.5) is 10.5 Å². The number of ether oxygens (including phenoxy) is 1. The lowest BCUT2D eigenvalue weighted by atomic mass is 9.99. The van der Waals surface area contributed by atoms with Crippen LogP contribution in [0.1, 0.15) is 6.42 Å². The molecule has 22 heavy (non-hydrogen) atoms. The Morgan fingerprint density at radius 1 is 1.23 bits per heavy atom. The van der Waals surface area contributed by atoms with Crippen LogP contribution in [0, 0.1) is 5.92 Å². The van der Waals surface area contributed by atoms with Gasteiger partial charge in [-0.05, 0) is 18.6 Å². The monoisotopic (exact) mass is 303 g/mol. The summed E-state index contributed by atoms with van der Waals surface area (Å²) < 4.78 is 5.84. The lowest BCUT2D eigenvalue weighted by Crippen LogP contribution is -2.49. The molecule has 0 saturated carbocycles. The summed E-state index contributed by atoms with van der Waals surface area (Å²) in [5.41, 5.74) is 0.771. The smallest absolute Gasteiger partial charge is 0.322 e. The molecule has 3 amide bonds. The number of hydrogen-bond acceptors (Lipinski definition) is 3. The largest absolute Gasteiger partial charge is 0.370 e. The molecular weight excluding hydrogens is 282 g/mol. The Morgan fingerprint density at radius 2 is 1.95 bits per heavy atom. The van der Waals surface area contributed by atoms with Gasteiger partial charge in [-0.2, -0.15) is 0 Å². The number of benzene rings is 1. The fourth-order valence-corrected chi connectivity index (χ4v) is 3.14. The van der Waals surface area contributed by atoms with E-state index >= 15 is 0 Å². The summed E-state index contributed by atoms with van der Waals surface area (Å²) in [6.45, 7) is 0.992. The first-order valence-corrected chi connectivity index (χ1v) is 7.52. The minimum Gasteiger partial charge on any atom is -0.370 e. The average Bonchev–Trinajstić information content (AvgIpc) is 2.81. The van der Waals surface area contributed by atoms with Gasteiger partial charge in [0.2, 0.25) is 5.91 Å². The first kappa shape index (κ1) is 14.8. The molecule has 2 saturated heterocycles. The van der Waals surface area contributed by atoms with Crippen LogP contribution in [0.25, 0.3) is 0 Å². The van der Waals surface area contributed by atoms with E-state index in [4.69, 9.17) is 4.74 Å². The fraction of sp³-hybridized carbons (Fsp3) is 0.500. The van der Waals surface area contributed by atoms with E-state index in [0.717, 1.165) is 5.69 Å². The van der Waals surface area contributed by atoms with Crippen molar-refractivity contribution >= 4 is 17.6 Å². The van der Waals surface area contributed by atoms with Crippen LogP contribution < -0.4 is 5.32 Å². The number of rotatable bonds is 2. The summed E-state index contributed by atoms with van der Waals surface area (Å²) in [7, 11) is 3.51. The van der Waals surface area contributed by atoms with Gasteiger partial charge in [0.1, 0.15) is 0 Å². The second-order valence-corrected chi connectivity index (χ2v) is 6.07. The Morgan fingerprint density at radius 3 is 2.64 bits per heavy atom. The maximum absolute atomic E-state index is 12.4. The molecule has 0 unspecified atom stereocenters. The van der Waals surface area contributed by atoms with E-state index in [9.17, 15) is 9.59 Å². The third-order valence-electron chi connectivity index (χ3n) is 4.23. The summed E-state index contributed by atoms with van der Waals surface area (Å²) in [6, 6.07) is 9.23. The van der Waals surface area contributed by atoms with Gasteiger partial charge in [0.05, 0.1) is 18.1 Å². The summed E-state index contributed by atoms with van der Waals surface area (Å²) in [6.07, 6.45) is 0.445. The molecule has 0 aromatic heterocycles. The minimum atomic E-state index is -0.199. The van der Waals surface area contributed by atoms with E-state index in [0.29, 0.717) is 19.5 Å². The maximum atomic E-state index is 12.4. The lowest BCUT2D eigenvalue weighted by Gasteiger charge is -2.33. The lowest BCUT2D eigenvalue weighted by molar-refractivity contribution is -0.135. The molecule has 1 aromatic carbocycles. The Labute approximate surface area is 130 Å². The number of urea groups is 1. The number of para-hydroxylation sites is 1. The van der Waals surface area contributed by atoms with E-state index in [1.54, 1.807) is 23.9 Å². The normalized spacial score (nSPS) is 26.6. The second-order valence-electron chi connectivity index (χ2n) is 6.07. The van der Waals surface area contributed by atoms with Crippen LogP contribution in [0.2, 0.25) is 0 Å². The van der Waals surface area contributed by atoms with Gasteiger partial charge in [0.25, 0.3) is 0 Å². The molecule has 1 N–H and O–H groups in total. The van der Waals surface area contributed by atoms with Crippen molar-refractivity contribution in [3.63, 3.8) is 0 Å². The minimum absolute atomic E-state index is 0.0471. The third-order valence-corrected chi connectivity index (χ3v) is 4.23. The molecule has 0 aliphatic carbocycles. The first-order valence-electron chi connectivity index (χ1n) is 7.52. The molecule has 2 aliphatic rings. The van der Waals surface area contributed by atoms with Crippen molar-refractivity contribution in [3.05, 3.63) is 30.3 Å². The Balaban J connectivity index is 1.64. The van der Waals surface area contributed by atoms with Gasteiger partial charge >= 0.3 is 6.03 Å². The number of morpholine rings is 1. The van der Waals surface area contributed by atoms with E-state index in [2.05, 4.69) is 5.32 Å². The van der Waals surface area contributed by atoms with Crippen LogP contribution >= 0.6 is 0 Å². The number of nitrogens with one attached hydrogen (secondary N) is 1. The number of nitrogens with zero attached hydrogens (tertiary/aromatic N) is 2. The van der Waals surface area contributed by atoms with Crippen molar-refractivity contribution in [1.82, 2.24) is 9.80 Å². The number of hydrogen-bond donors (Lipinski definition) is 1. The van der Waals surface area contributed by atoms with E-state index in [-0.39, 0.29) is 30.1 Å². The maximum Gasteiger partial charge on any atom is 0.322 e. The molecule has 1 aromatic rings. The topological polar surface area (TPSA) is 61.9 Å². The van der Waals surface area contributed by atoms with Gasteiger partial charge in [-0.1, -0.05) is 18.2 Å². The first-order chi connectivity index (χ1) is 10.5. The zero-order valence-electron chi connectivity index (χ0n) is 12.9. The predicted octanol–water partition coefficient (Wildman–Crippen LogP) is 1.40. The Kier molecular flexibility index (Phi) is 4.02. The molecule has 2 aliphatic heterocycles. The quantitative estimate of drug-likeness (QED) is 0.898. The van der Waals surface area contributed by atoms with Crippen molar-refractivity contribution < 1.29 is 14.3 Å². The molecule has 3 atom stereocenters. The number of carbonyl (C=O) groups excluding carboxylic acids is 2. The van der Waals surface area contributed by atoms with Gasteiger partial charge in [-0.25, -0.2) is 4.79 Å². The summed E-state index contributed by atoms with van der Waals surface area (Å²) in [5, 5.41) is 2.88. The zero-order valence-corrected chi connectivity index (χ0v) is 12.9. The van der Waals surface area contributed by atoms with Crippen molar-refractivity contribution in [1.29, 1.82) is 0 Å². The van der Waals surface area contributed by atoms with E-state index in [1.165, 1.54) is 0 Å². The van der Waals surface area contributed by atoms with Gasteiger partial charge < -0.3 is 19.9 Å². The number of amides is 3. The van der Waals surface area contributed by atoms with Crippen molar-refractivity contribution in [2.75, 3.05) is 32.5 Å². The highest BCUT2D eigenvalue weighted by Gasteiger charge is 2.46. The number of fused-ring (bicyclic) bond motifs is 2. The SMILES string of the molecule is CN(C)C(=O)[C@H]1C[C@@H]2CN(C(=O)Nc3ccccc3)C[C@H]1O2. The van der Waals surface area contributed by atoms with Gasteiger partial charge in [0, 0.05) is 32.9 Å². The Hall–Kier alpha value is -2.08. The highest BCUT2D eigenvalue weighted by Crippen LogP contribution is 2.33. The van der Waals surface area contributed by atoms with E-state index < -0.39 is 0 Å². The van der Waals surface area contributed by atoms with Gasteiger partial charge in [-0.3, -0.25) is 4.79 Å². The predicted molar refractivity (Wildman–Crippen MR) is 82.5 cm³/mol. The highest BCUT2D eigenvalue weighted by atomic mass is 16.5. The molecule has 6 nitrogen and oxygen atoms in total. The van der Waals surface area contributed by atoms with Gasteiger partial charge in [-0.15, -0.1) is 0 Å². The summed E-state index contributed by atoms with van der Waals surface area (Å²) in [5.74, 6) is -0.0626. The highest BCUT2D eigenvalue weighted by molar-refractivity contribution is 5.89. The van der Waals surface area contributed by atoms with Crippen LogP contribution in [-0.2, 0) is 9.53 Å². The van der Waals surface area contributed by atoms with Crippen LogP contribution in [-0.4, -0.2) is 61.1 Å². The third kappa shape index (κ3) is 2.92. The van der Waals surface area contributed by atoms with Crippen LogP contribution in [0.15, 0.2) is 30.3 Å². The molecule has 2 bridgehead atoms.